The number of carbonyl (C=O) groups is 1. The largest absolute Gasteiger partial charge is 0.398 e. The summed E-state index contributed by atoms with van der Waals surface area (Å²) in [4.78, 5) is 14.3. The Morgan fingerprint density at radius 1 is 1.32 bits per heavy atom. The van der Waals surface area contributed by atoms with Gasteiger partial charge in [0.25, 0.3) is 0 Å². The van der Waals surface area contributed by atoms with Gasteiger partial charge in [-0.2, -0.15) is 0 Å². The van der Waals surface area contributed by atoms with Crippen LogP contribution in [0.5, 0.6) is 0 Å². The molecule has 2 rings (SSSR count). The van der Waals surface area contributed by atoms with Gasteiger partial charge in [-0.25, -0.2) is 9.37 Å². The first-order valence-electron chi connectivity index (χ1n) is 5.97. The third-order valence-corrected chi connectivity index (χ3v) is 2.75. The summed E-state index contributed by atoms with van der Waals surface area (Å²) in [5, 5.41) is 7.11. The molecule has 0 bridgehead atoms. The molecular weight excluding hydrogens is 247 g/mol. The van der Waals surface area contributed by atoms with Gasteiger partial charge in [-0.1, -0.05) is 0 Å². The Morgan fingerprint density at radius 2 is 2.16 bits per heavy atom. The molecule has 0 aliphatic carbocycles. The molecule has 2 aromatic rings. The number of nitrogens with one attached hydrogen (secondary N) is 2. The van der Waals surface area contributed by atoms with Gasteiger partial charge in [-0.3, -0.25) is 4.79 Å². The topological polar surface area (TPSA) is 80.0 Å². The normalized spacial score (nSPS) is 10.4. The third kappa shape index (κ3) is 3.09. The molecule has 0 spiro atoms. The van der Waals surface area contributed by atoms with E-state index in [0.29, 0.717) is 36.4 Å². The predicted octanol–water partition coefficient (Wildman–Crippen LogP) is 1.50. The second-order valence-electron chi connectivity index (χ2n) is 4.10. The Bertz CT molecular complexity index is 588. The van der Waals surface area contributed by atoms with E-state index in [1.807, 2.05) is 0 Å². The van der Waals surface area contributed by atoms with E-state index in [9.17, 15) is 9.18 Å². The van der Waals surface area contributed by atoms with Gasteiger partial charge in [-0.05, 0) is 24.6 Å². The van der Waals surface area contributed by atoms with Gasteiger partial charge >= 0.3 is 0 Å². The number of benzene rings is 1. The molecule has 0 fully saturated rings. The lowest BCUT2D eigenvalue weighted by atomic mass is 10.1. The average Bonchev–Trinajstić information content (AvgIpc) is 2.39. The average molecular weight is 262 g/mol. The van der Waals surface area contributed by atoms with Crippen molar-refractivity contribution in [3.63, 3.8) is 0 Å². The smallest absolute Gasteiger partial charge is 0.207 e. The van der Waals surface area contributed by atoms with Crippen molar-refractivity contribution >= 4 is 28.7 Å². The van der Waals surface area contributed by atoms with E-state index in [1.165, 1.54) is 12.1 Å². The molecule has 0 aliphatic rings. The highest BCUT2D eigenvalue weighted by atomic mass is 19.1. The molecule has 1 heterocycles. The summed E-state index contributed by atoms with van der Waals surface area (Å²) in [5.74, 6) is 0.207. The van der Waals surface area contributed by atoms with Crippen molar-refractivity contribution < 1.29 is 9.18 Å². The van der Waals surface area contributed by atoms with E-state index < -0.39 is 0 Å². The number of amides is 1. The fourth-order valence-corrected chi connectivity index (χ4v) is 1.87. The van der Waals surface area contributed by atoms with Crippen molar-refractivity contribution in [1.29, 1.82) is 0 Å². The van der Waals surface area contributed by atoms with Crippen molar-refractivity contribution in [3.8, 4) is 0 Å². The predicted molar refractivity (Wildman–Crippen MR) is 73.3 cm³/mol. The van der Waals surface area contributed by atoms with Crippen LogP contribution in [0.3, 0.4) is 0 Å². The fraction of sp³-hybridized carbons (Fsp3) is 0.231. The van der Waals surface area contributed by atoms with Crippen molar-refractivity contribution in [2.75, 3.05) is 24.1 Å². The molecule has 0 radical (unpaired) electrons. The number of hydrogen-bond donors (Lipinski definition) is 3. The number of nitrogens with two attached hydrogens (primary N) is 1. The lowest BCUT2D eigenvalue weighted by Crippen LogP contribution is -2.16. The van der Waals surface area contributed by atoms with Gasteiger partial charge in [0.05, 0.1) is 0 Å². The van der Waals surface area contributed by atoms with E-state index in [2.05, 4.69) is 15.6 Å². The summed E-state index contributed by atoms with van der Waals surface area (Å²) in [6.45, 7) is 1.21. The minimum Gasteiger partial charge on any atom is -0.398 e. The van der Waals surface area contributed by atoms with Crippen LogP contribution in [0.1, 0.15) is 6.42 Å². The maximum atomic E-state index is 13.4. The fourth-order valence-electron chi connectivity index (χ4n) is 1.87. The molecule has 0 saturated carbocycles. The van der Waals surface area contributed by atoms with Gasteiger partial charge in [0, 0.05) is 35.7 Å². The molecule has 6 heteroatoms. The number of nitrogen functional groups attached to an aromatic ring is 1. The highest BCUT2D eigenvalue weighted by Crippen LogP contribution is 2.27. The number of rotatable bonds is 6. The first-order valence-corrected chi connectivity index (χ1v) is 5.97. The van der Waals surface area contributed by atoms with Crippen LogP contribution in [-0.4, -0.2) is 24.5 Å². The highest BCUT2D eigenvalue weighted by molar-refractivity contribution is 5.99. The summed E-state index contributed by atoms with van der Waals surface area (Å²) in [6, 6.07) is 4.45. The van der Waals surface area contributed by atoms with Crippen LogP contribution in [0.15, 0.2) is 24.4 Å². The standard InChI is InChI=1S/C13H15FN4O/c14-9-6-11-10(12(15)7-9)2-5-18-13(11)17-4-1-3-16-8-19/h2,5-8H,1,3-4,15H2,(H,16,19)(H,17,18). The number of halogens is 1. The Labute approximate surface area is 110 Å². The van der Waals surface area contributed by atoms with Crippen molar-refractivity contribution in [1.82, 2.24) is 10.3 Å². The Hall–Kier alpha value is -2.37. The molecule has 0 aliphatic heterocycles. The van der Waals surface area contributed by atoms with Crippen LogP contribution in [0.2, 0.25) is 0 Å². The van der Waals surface area contributed by atoms with Crippen LogP contribution < -0.4 is 16.4 Å². The second-order valence-corrected chi connectivity index (χ2v) is 4.10. The zero-order chi connectivity index (χ0) is 13.7. The van der Waals surface area contributed by atoms with E-state index in [1.54, 1.807) is 12.3 Å². The lowest BCUT2D eigenvalue weighted by molar-refractivity contribution is -0.109. The van der Waals surface area contributed by atoms with Gasteiger partial charge in [-0.15, -0.1) is 0 Å². The number of pyridine rings is 1. The maximum Gasteiger partial charge on any atom is 0.207 e. The van der Waals surface area contributed by atoms with E-state index in [0.717, 1.165) is 11.8 Å². The first kappa shape index (κ1) is 13.1. The molecule has 0 saturated heterocycles. The Morgan fingerprint density at radius 3 is 2.95 bits per heavy atom. The van der Waals surface area contributed by atoms with Gasteiger partial charge < -0.3 is 16.4 Å². The van der Waals surface area contributed by atoms with Crippen molar-refractivity contribution in [2.24, 2.45) is 0 Å². The quantitative estimate of drug-likeness (QED) is 0.419. The number of aromatic nitrogens is 1. The van der Waals surface area contributed by atoms with Crippen LogP contribution in [0.4, 0.5) is 15.9 Å². The molecule has 1 aromatic heterocycles. The van der Waals surface area contributed by atoms with Crippen LogP contribution in [-0.2, 0) is 4.79 Å². The molecule has 5 nitrogen and oxygen atoms in total. The summed E-state index contributed by atoms with van der Waals surface area (Å²) in [5.41, 5.74) is 6.17. The summed E-state index contributed by atoms with van der Waals surface area (Å²) < 4.78 is 13.4. The van der Waals surface area contributed by atoms with Crippen LogP contribution in [0.25, 0.3) is 10.8 Å². The Balaban J connectivity index is 2.16. The lowest BCUT2D eigenvalue weighted by Gasteiger charge is -2.10. The third-order valence-electron chi connectivity index (χ3n) is 2.75. The minimum absolute atomic E-state index is 0.385. The number of nitrogens with zero attached hydrogens (tertiary/aromatic N) is 1. The Kier molecular flexibility index (Phi) is 4.12. The molecule has 0 unspecified atom stereocenters. The molecule has 1 aromatic carbocycles. The van der Waals surface area contributed by atoms with Gasteiger partial charge in [0.1, 0.15) is 11.6 Å². The van der Waals surface area contributed by atoms with Gasteiger partial charge in [0.2, 0.25) is 6.41 Å². The monoisotopic (exact) mass is 262 g/mol. The zero-order valence-electron chi connectivity index (χ0n) is 10.3. The van der Waals surface area contributed by atoms with E-state index in [4.69, 9.17) is 5.73 Å². The van der Waals surface area contributed by atoms with Crippen molar-refractivity contribution in [3.05, 3.63) is 30.2 Å². The minimum atomic E-state index is -0.385. The van der Waals surface area contributed by atoms with Crippen molar-refractivity contribution in [2.45, 2.75) is 6.42 Å². The molecule has 1 amide bonds. The van der Waals surface area contributed by atoms with Gasteiger partial charge in [0.15, 0.2) is 0 Å². The molecule has 4 N–H and O–H groups in total. The SMILES string of the molecule is Nc1cc(F)cc2c(NCCCNC=O)nccc12. The van der Waals surface area contributed by atoms with Crippen LogP contribution >= 0.6 is 0 Å². The number of hydrogen-bond acceptors (Lipinski definition) is 4. The van der Waals surface area contributed by atoms with E-state index in [-0.39, 0.29) is 5.82 Å². The molecular formula is C13H15FN4O. The van der Waals surface area contributed by atoms with E-state index >= 15 is 0 Å². The second kappa shape index (κ2) is 5.99. The molecule has 0 atom stereocenters. The number of carbonyl (C=O) groups excluding carboxylic acids is 1. The van der Waals surface area contributed by atoms with Crippen LogP contribution in [0, 0.1) is 5.82 Å². The first-order chi connectivity index (χ1) is 9.22. The highest BCUT2D eigenvalue weighted by Gasteiger charge is 2.06. The molecule has 100 valence electrons. The summed E-state index contributed by atoms with van der Waals surface area (Å²) >= 11 is 0. The number of anilines is 2. The maximum absolute atomic E-state index is 13.4. The number of fused-ring (bicyclic) bond motifs is 1. The summed E-state index contributed by atoms with van der Waals surface area (Å²) in [6.07, 6.45) is 3.04. The molecule has 19 heavy (non-hydrogen) atoms. The summed E-state index contributed by atoms with van der Waals surface area (Å²) in [7, 11) is 0. The zero-order valence-corrected chi connectivity index (χ0v) is 10.3.